The van der Waals surface area contributed by atoms with Crippen LogP contribution in [0.25, 0.3) is 22.0 Å². The second-order valence-corrected chi connectivity index (χ2v) is 4.67. The lowest BCUT2D eigenvalue weighted by atomic mass is 10.1. The van der Waals surface area contributed by atoms with Crippen molar-refractivity contribution in [3.63, 3.8) is 0 Å². The molecule has 0 N–H and O–H groups in total. The molecule has 0 saturated heterocycles. The Labute approximate surface area is 124 Å². The molecule has 0 spiro atoms. The van der Waals surface area contributed by atoms with Crippen molar-refractivity contribution in [1.29, 1.82) is 0 Å². The summed E-state index contributed by atoms with van der Waals surface area (Å²) in [6, 6.07) is 7.50. The van der Waals surface area contributed by atoms with Crippen LogP contribution in [-0.4, -0.2) is 27.5 Å². The highest BCUT2D eigenvalue weighted by Gasteiger charge is 2.28. The molecular formula is C15H12F3N3O. The van der Waals surface area contributed by atoms with Crippen LogP contribution >= 0.6 is 0 Å². The van der Waals surface area contributed by atoms with E-state index >= 15 is 0 Å². The number of rotatable bonds is 4. The van der Waals surface area contributed by atoms with Gasteiger partial charge in [0.2, 0.25) is 0 Å². The van der Waals surface area contributed by atoms with Gasteiger partial charge in [-0.3, -0.25) is 4.74 Å². The quantitative estimate of drug-likeness (QED) is 0.739. The maximum absolute atomic E-state index is 12.0. The lowest BCUT2D eigenvalue weighted by molar-refractivity contribution is -0.325. The van der Waals surface area contributed by atoms with Crippen molar-refractivity contribution >= 4 is 10.9 Å². The van der Waals surface area contributed by atoms with E-state index in [2.05, 4.69) is 14.7 Å². The highest BCUT2D eigenvalue weighted by atomic mass is 19.4. The predicted molar refractivity (Wildman–Crippen MR) is 75.0 cm³/mol. The highest BCUT2D eigenvalue weighted by Crippen LogP contribution is 2.28. The Balaban J connectivity index is 1.89. The summed E-state index contributed by atoms with van der Waals surface area (Å²) < 4.78 is 41.7. The number of ether oxygens (including phenoxy) is 1. The Hall–Kier alpha value is -2.41. The van der Waals surface area contributed by atoms with Crippen LogP contribution in [0.1, 0.15) is 0 Å². The van der Waals surface area contributed by atoms with Gasteiger partial charge in [-0.1, -0.05) is 12.1 Å². The molecule has 0 unspecified atom stereocenters. The Morgan fingerprint density at radius 1 is 1.09 bits per heavy atom. The van der Waals surface area contributed by atoms with E-state index in [9.17, 15) is 13.2 Å². The molecule has 0 atom stereocenters. The van der Waals surface area contributed by atoms with Crippen LogP contribution in [0.2, 0.25) is 0 Å². The Morgan fingerprint density at radius 2 is 1.86 bits per heavy atom. The van der Waals surface area contributed by atoms with Crippen molar-refractivity contribution in [2.24, 2.45) is 0 Å². The van der Waals surface area contributed by atoms with Gasteiger partial charge in [-0.15, -0.1) is 13.2 Å². The summed E-state index contributed by atoms with van der Waals surface area (Å²) in [5.41, 5.74) is 2.64. The first kappa shape index (κ1) is 14.5. The molecule has 0 radical (unpaired) electrons. The van der Waals surface area contributed by atoms with Crippen LogP contribution in [0.3, 0.4) is 0 Å². The molecule has 2 aromatic heterocycles. The number of alkyl halides is 3. The minimum atomic E-state index is -4.60. The normalized spacial score (nSPS) is 12.0. The zero-order valence-electron chi connectivity index (χ0n) is 11.4. The average molecular weight is 307 g/mol. The smallest absolute Gasteiger partial charge is 0.345 e. The molecule has 3 rings (SSSR count). The summed E-state index contributed by atoms with van der Waals surface area (Å²) in [4.78, 5) is 7.98. The molecular weight excluding hydrogens is 295 g/mol. The van der Waals surface area contributed by atoms with Gasteiger partial charge in [0.1, 0.15) is 6.33 Å². The minimum Gasteiger partial charge on any atom is -0.345 e. The number of hydrogen-bond donors (Lipinski definition) is 0. The SMILES string of the molecule is FC(F)(F)OCCn1ccc2c(-c3cncnc3)cccc21. The summed E-state index contributed by atoms with van der Waals surface area (Å²) in [6.45, 7) is -0.302. The summed E-state index contributed by atoms with van der Waals surface area (Å²) in [5.74, 6) is 0. The molecule has 0 bridgehead atoms. The number of halogens is 3. The Kier molecular flexibility index (Phi) is 3.81. The number of benzene rings is 1. The monoisotopic (exact) mass is 307 g/mol. The lowest BCUT2D eigenvalue weighted by Crippen LogP contribution is -2.17. The molecule has 7 heteroatoms. The molecule has 0 aliphatic rings. The largest absolute Gasteiger partial charge is 0.522 e. The molecule has 0 aliphatic carbocycles. The van der Waals surface area contributed by atoms with E-state index in [1.165, 1.54) is 6.33 Å². The predicted octanol–water partition coefficient (Wildman–Crippen LogP) is 3.63. The molecule has 114 valence electrons. The average Bonchev–Trinajstić information content (AvgIpc) is 2.90. The summed E-state index contributed by atoms with van der Waals surface area (Å²) >= 11 is 0. The molecule has 22 heavy (non-hydrogen) atoms. The van der Waals surface area contributed by atoms with Crippen molar-refractivity contribution < 1.29 is 17.9 Å². The highest BCUT2D eigenvalue weighted by molar-refractivity contribution is 5.95. The van der Waals surface area contributed by atoms with Crippen LogP contribution in [-0.2, 0) is 11.3 Å². The van der Waals surface area contributed by atoms with Crippen molar-refractivity contribution in [2.45, 2.75) is 12.9 Å². The van der Waals surface area contributed by atoms with Gasteiger partial charge in [-0.25, -0.2) is 9.97 Å². The van der Waals surface area contributed by atoms with E-state index in [-0.39, 0.29) is 6.54 Å². The molecule has 1 aromatic carbocycles. The van der Waals surface area contributed by atoms with Crippen LogP contribution in [0.4, 0.5) is 13.2 Å². The van der Waals surface area contributed by atoms with Gasteiger partial charge in [-0.05, 0) is 17.7 Å². The summed E-state index contributed by atoms with van der Waals surface area (Å²) in [7, 11) is 0. The number of fused-ring (bicyclic) bond motifs is 1. The van der Waals surface area contributed by atoms with Gasteiger partial charge in [0, 0.05) is 41.6 Å². The zero-order chi connectivity index (χ0) is 15.6. The second kappa shape index (κ2) is 5.76. The first-order valence-electron chi connectivity index (χ1n) is 6.58. The van der Waals surface area contributed by atoms with Crippen molar-refractivity contribution in [1.82, 2.24) is 14.5 Å². The number of aromatic nitrogens is 3. The van der Waals surface area contributed by atoms with Gasteiger partial charge in [0.25, 0.3) is 0 Å². The molecule has 0 saturated carbocycles. The van der Waals surface area contributed by atoms with Gasteiger partial charge < -0.3 is 4.57 Å². The first-order valence-corrected chi connectivity index (χ1v) is 6.58. The third-order valence-corrected chi connectivity index (χ3v) is 3.28. The maximum Gasteiger partial charge on any atom is 0.522 e. The van der Waals surface area contributed by atoms with Gasteiger partial charge in [-0.2, -0.15) is 0 Å². The summed E-state index contributed by atoms with van der Waals surface area (Å²) in [6.07, 6.45) is 1.99. The third-order valence-electron chi connectivity index (χ3n) is 3.28. The van der Waals surface area contributed by atoms with Crippen LogP contribution < -0.4 is 0 Å². The number of nitrogens with zero attached hydrogens (tertiary/aromatic N) is 3. The van der Waals surface area contributed by atoms with E-state index in [1.807, 2.05) is 24.3 Å². The fourth-order valence-electron chi connectivity index (χ4n) is 2.37. The number of hydrogen-bond acceptors (Lipinski definition) is 3. The van der Waals surface area contributed by atoms with Crippen molar-refractivity contribution in [3.8, 4) is 11.1 Å². The second-order valence-electron chi connectivity index (χ2n) is 4.67. The Morgan fingerprint density at radius 3 is 2.59 bits per heavy atom. The molecule has 0 amide bonds. The van der Waals surface area contributed by atoms with Crippen LogP contribution in [0.15, 0.2) is 49.2 Å². The van der Waals surface area contributed by atoms with Gasteiger partial charge in [0.05, 0.1) is 6.61 Å². The zero-order valence-corrected chi connectivity index (χ0v) is 11.4. The molecule has 3 aromatic rings. The summed E-state index contributed by atoms with van der Waals surface area (Å²) in [5, 5.41) is 0.935. The lowest BCUT2D eigenvalue weighted by Gasteiger charge is -2.09. The Bertz CT molecular complexity index is 769. The minimum absolute atomic E-state index is 0.123. The van der Waals surface area contributed by atoms with Gasteiger partial charge >= 0.3 is 6.36 Å². The molecule has 0 fully saturated rings. The van der Waals surface area contributed by atoms with E-state index < -0.39 is 13.0 Å². The van der Waals surface area contributed by atoms with E-state index in [1.54, 1.807) is 23.2 Å². The van der Waals surface area contributed by atoms with E-state index in [0.29, 0.717) is 0 Å². The van der Waals surface area contributed by atoms with E-state index in [4.69, 9.17) is 0 Å². The third kappa shape index (κ3) is 3.09. The van der Waals surface area contributed by atoms with Gasteiger partial charge in [0.15, 0.2) is 0 Å². The van der Waals surface area contributed by atoms with Crippen molar-refractivity contribution in [2.75, 3.05) is 6.61 Å². The van der Waals surface area contributed by atoms with E-state index in [0.717, 1.165) is 22.0 Å². The van der Waals surface area contributed by atoms with Crippen LogP contribution in [0, 0.1) is 0 Å². The maximum atomic E-state index is 12.0. The standard InChI is InChI=1S/C15H12F3N3O/c16-15(17,18)22-7-6-21-5-4-13-12(2-1-3-14(13)21)11-8-19-10-20-9-11/h1-5,8-10H,6-7H2. The fourth-order valence-corrected chi connectivity index (χ4v) is 2.37. The first-order chi connectivity index (χ1) is 10.5. The molecule has 0 aliphatic heterocycles. The molecule has 4 nitrogen and oxygen atoms in total. The fraction of sp³-hybridized carbons (Fsp3) is 0.200. The van der Waals surface area contributed by atoms with Crippen molar-refractivity contribution in [3.05, 3.63) is 49.2 Å². The topological polar surface area (TPSA) is 39.9 Å². The van der Waals surface area contributed by atoms with Crippen LogP contribution in [0.5, 0.6) is 0 Å². The molecule has 2 heterocycles.